The van der Waals surface area contributed by atoms with Gasteiger partial charge in [0.25, 0.3) is 10.0 Å². The predicted octanol–water partition coefficient (Wildman–Crippen LogP) is 3.03. The van der Waals surface area contributed by atoms with Gasteiger partial charge < -0.3 is 0 Å². The number of nitrogens with zero attached hydrogens (tertiary/aromatic N) is 2. The average molecular weight is 361 g/mol. The van der Waals surface area contributed by atoms with Crippen LogP contribution in [0.4, 0.5) is 0 Å². The summed E-state index contributed by atoms with van der Waals surface area (Å²) in [6.45, 7) is 2.19. The number of hydrogen-bond acceptors (Lipinski definition) is 4. The molecule has 0 spiro atoms. The molecule has 7 heteroatoms. The highest BCUT2D eigenvalue weighted by atomic mass is 79.9. The zero-order chi connectivity index (χ0) is 14.0. The maximum Gasteiger partial charge on any atom is 0.252 e. The summed E-state index contributed by atoms with van der Waals surface area (Å²) in [5.41, 5.74) is 1.79. The molecule has 0 unspecified atom stereocenters. The molecule has 19 heavy (non-hydrogen) atoms. The lowest BCUT2D eigenvalue weighted by Gasteiger charge is -2.15. The van der Waals surface area contributed by atoms with E-state index in [9.17, 15) is 8.42 Å². The van der Waals surface area contributed by atoms with Crippen molar-refractivity contribution < 1.29 is 8.42 Å². The minimum atomic E-state index is -3.44. The van der Waals surface area contributed by atoms with Crippen molar-refractivity contribution in [3.63, 3.8) is 0 Å². The van der Waals surface area contributed by atoms with Crippen LogP contribution in [0.2, 0.25) is 0 Å². The van der Waals surface area contributed by atoms with Gasteiger partial charge in [-0.1, -0.05) is 6.07 Å². The second-order valence-electron chi connectivity index (χ2n) is 4.14. The first-order valence-corrected chi connectivity index (χ1v) is 8.57. The van der Waals surface area contributed by atoms with E-state index in [4.69, 9.17) is 0 Å². The van der Waals surface area contributed by atoms with Crippen LogP contribution in [0.5, 0.6) is 0 Å². The van der Waals surface area contributed by atoms with Crippen LogP contribution >= 0.6 is 27.3 Å². The van der Waals surface area contributed by atoms with Gasteiger partial charge in [0.05, 0.1) is 3.79 Å². The topological polar surface area (TPSA) is 50.3 Å². The van der Waals surface area contributed by atoms with Crippen LogP contribution in [-0.2, 0) is 16.6 Å². The Bertz CT molecular complexity index is 649. The molecule has 0 fully saturated rings. The highest BCUT2D eigenvalue weighted by Crippen LogP contribution is 2.32. The molecule has 2 heterocycles. The first-order chi connectivity index (χ1) is 8.91. The largest absolute Gasteiger partial charge is 0.264 e. The average Bonchev–Trinajstić information content (AvgIpc) is 2.71. The second-order valence-corrected chi connectivity index (χ2v) is 8.79. The first-order valence-electron chi connectivity index (χ1n) is 5.52. The van der Waals surface area contributed by atoms with Gasteiger partial charge in [-0.2, -0.15) is 4.31 Å². The van der Waals surface area contributed by atoms with Gasteiger partial charge >= 0.3 is 0 Å². The maximum atomic E-state index is 12.4. The molecule has 0 aliphatic carbocycles. The maximum absolute atomic E-state index is 12.4. The van der Waals surface area contributed by atoms with Gasteiger partial charge in [0.2, 0.25) is 0 Å². The molecule has 4 nitrogen and oxygen atoms in total. The third kappa shape index (κ3) is 3.22. The van der Waals surface area contributed by atoms with Crippen LogP contribution in [0.15, 0.2) is 38.6 Å². The van der Waals surface area contributed by atoms with E-state index in [1.54, 1.807) is 31.6 Å². The van der Waals surface area contributed by atoms with Gasteiger partial charge in [0.15, 0.2) is 0 Å². The third-order valence-corrected chi connectivity index (χ3v) is 7.02. The lowest BCUT2D eigenvalue weighted by molar-refractivity contribution is 0.468. The molecular formula is C12H13BrN2O2S2. The minimum absolute atomic E-state index is 0.310. The Labute approximate surface area is 125 Å². The summed E-state index contributed by atoms with van der Waals surface area (Å²) in [5, 5.41) is 0. The second kappa shape index (κ2) is 5.70. The molecule has 0 saturated carbocycles. The van der Waals surface area contributed by atoms with E-state index in [2.05, 4.69) is 20.9 Å². The number of pyridine rings is 1. The van der Waals surface area contributed by atoms with Gasteiger partial charge in [-0.25, -0.2) is 8.42 Å². The third-order valence-electron chi connectivity index (χ3n) is 2.63. The highest BCUT2D eigenvalue weighted by Gasteiger charge is 2.23. The molecule has 0 atom stereocenters. The van der Waals surface area contributed by atoms with Crippen LogP contribution in [0.3, 0.4) is 0 Å². The molecule has 0 radical (unpaired) electrons. The van der Waals surface area contributed by atoms with Crippen molar-refractivity contribution in [3.8, 4) is 0 Å². The lowest BCUT2D eigenvalue weighted by Crippen LogP contribution is -2.25. The summed E-state index contributed by atoms with van der Waals surface area (Å²) in [4.78, 5) is 3.98. The fourth-order valence-corrected chi connectivity index (χ4v) is 5.14. The lowest BCUT2D eigenvalue weighted by atomic mass is 10.3. The number of sulfonamides is 1. The minimum Gasteiger partial charge on any atom is -0.264 e. The van der Waals surface area contributed by atoms with Crippen LogP contribution < -0.4 is 0 Å². The summed E-state index contributed by atoms with van der Waals surface area (Å²) < 4.78 is 27.3. The number of thiophene rings is 1. The first kappa shape index (κ1) is 14.6. The monoisotopic (exact) mass is 360 g/mol. The van der Waals surface area contributed by atoms with Gasteiger partial charge in [-0.15, -0.1) is 11.3 Å². The molecule has 0 N–H and O–H groups in total. The quantitative estimate of drug-likeness (QED) is 0.841. The molecule has 2 aromatic heterocycles. The Kier molecular flexibility index (Phi) is 4.39. The van der Waals surface area contributed by atoms with Crippen molar-refractivity contribution in [3.05, 3.63) is 45.5 Å². The molecule has 0 aliphatic rings. The molecular weight excluding hydrogens is 348 g/mol. The van der Waals surface area contributed by atoms with Crippen LogP contribution in [0.25, 0.3) is 0 Å². The van der Waals surface area contributed by atoms with Crippen LogP contribution in [0.1, 0.15) is 11.1 Å². The van der Waals surface area contributed by atoms with E-state index in [-0.39, 0.29) is 0 Å². The molecule has 0 amide bonds. The molecule has 0 aromatic carbocycles. The fourth-order valence-electron chi connectivity index (χ4n) is 1.55. The van der Waals surface area contributed by atoms with Crippen molar-refractivity contribution >= 4 is 37.3 Å². The van der Waals surface area contributed by atoms with Gasteiger partial charge in [-0.3, -0.25) is 4.98 Å². The fraction of sp³-hybridized carbons (Fsp3) is 0.250. The summed E-state index contributed by atoms with van der Waals surface area (Å²) in [5.74, 6) is 0. The van der Waals surface area contributed by atoms with Crippen molar-refractivity contribution in [1.29, 1.82) is 0 Å². The van der Waals surface area contributed by atoms with Crippen molar-refractivity contribution in [2.24, 2.45) is 0 Å². The van der Waals surface area contributed by atoms with Crippen LogP contribution in [0, 0.1) is 6.92 Å². The van der Waals surface area contributed by atoms with Gasteiger partial charge in [-0.05, 0) is 46.1 Å². The zero-order valence-electron chi connectivity index (χ0n) is 10.5. The molecule has 2 rings (SSSR count). The van der Waals surface area contributed by atoms with Gasteiger partial charge in [0.1, 0.15) is 4.21 Å². The van der Waals surface area contributed by atoms with Crippen molar-refractivity contribution in [2.45, 2.75) is 17.7 Å². The SMILES string of the molecule is Cc1cc(S(=O)(=O)N(C)Cc2cccnc2)sc1Br. The number of aromatic nitrogens is 1. The molecule has 2 aromatic rings. The summed E-state index contributed by atoms with van der Waals surface area (Å²) in [6, 6.07) is 5.33. The Morgan fingerprint density at radius 2 is 2.21 bits per heavy atom. The zero-order valence-corrected chi connectivity index (χ0v) is 13.7. The Morgan fingerprint density at radius 3 is 2.74 bits per heavy atom. The molecule has 0 saturated heterocycles. The number of halogens is 1. The Balaban J connectivity index is 2.25. The van der Waals surface area contributed by atoms with E-state index in [1.165, 1.54) is 15.6 Å². The number of rotatable bonds is 4. The predicted molar refractivity (Wildman–Crippen MR) is 79.6 cm³/mol. The van der Waals surface area contributed by atoms with Crippen molar-refractivity contribution in [2.75, 3.05) is 7.05 Å². The van der Waals surface area contributed by atoms with Crippen molar-refractivity contribution in [1.82, 2.24) is 9.29 Å². The summed E-state index contributed by atoms with van der Waals surface area (Å²) in [6.07, 6.45) is 3.33. The number of hydrogen-bond donors (Lipinski definition) is 0. The van der Waals surface area contributed by atoms with E-state index >= 15 is 0 Å². The van der Waals surface area contributed by atoms with E-state index in [0.29, 0.717) is 10.8 Å². The Hall–Kier alpha value is -0.760. The van der Waals surface area contributed by atoms with Gasteiger partial charge in [0, 0.05) is 26.0 Å². The number of aryl methyl sites for hydroxylation is 1. The standard InChI is InChI=1S/C12H13BrN2O2S2/c1-9-6-11(18-12(9)13)19(16,17)15(2)8-10-4-3-5-14-7-10/h3-7H,8H2,1-2H3. The summed E-state index contributed by atoms with van der Waals surface area (Å²) >= 11 is 4.58. The van der Waals surface area contributed by atoms with E-state index in [1.807, 2.05) is 13.0 Å². The van der Waals surface area contributed by atoms with Crippen LogP contribution in [-0.4, -0.2) is 24.8 Å². The molecule has 0 bridgehead atoms. The highest BCUT2D eigenvalue weighted by molar-refractivity contribution is 9.11. The van der Waals surface area contributed by atoms with E-state index < -0.39 is 10.0 Å². The smallest absolute Gasteiger partial charge is 0.252 e. The summed E-state index contributed by atoms with van der Waals surface area (Å²) in [7, 11) is -1.87. The molecule has 0 aliphatic heterocycles. The van der Waals surface area contributed by atoms with E-state index in [0.717, 1.165) is 14.9 Å². The molecule has 102 valence electrons. The normalized spacial score (nSPS) is 12.0. The Morgan fingerprint density at radius 1 is 1.47 bits per heavy atom.